The van der Waals surface area contributed by atoms with Gasteiger partial charge in [-0.1, -0.05) is 6.07 Å². The highest BCUT2D eigenvalue weighted by Gasteiger charge is 2.28. The Balaban J connectivity index is 1.70. The van der Waals surface area contributed by atoms with Gasteiger partial charge in [0.25, 0.3) is 5.56 Å². The summed E-state index contributed by atoms with van der Waals surface area (Å²) in [5, 5.41) is 3.44. The lowest BCUT2D eigenvalue weighted by atomic mass is 10.1. The van der Waals surface area contributed by atoms with Crippen molar-refractivity contribution in [3.05, 3.63) is 52.3 Å². The van der Waals surface area contributed by atoms with Crippen LogP contribution in [0.1, 0.15) is 37.3 Å². The molecule has 23 heavy (non-hydrogen) atoms. The minimum atomic E-state index is 0.161. The maximum absolute atomic E-state index is 12.9. The molecular formula is C19H22N2O2. The molecule has 4 rings (SSSR count). The molecule has 2 aromatic rings. The number of nitrogens with one attached hydrogen (secondary N) is 1. The first kappa shape index (κ1) is 14.5. The van der Waals surface area contributed by atoms with E-state index in [1.54, 1.807) is 7.11 Å². The molecule has 0 atom stereocenters. The highest BCUT2D eigenvalue weighted by atomic mass is 16.5. The largest absolute Gasteiger partial charge is 0.497 e. The van der Waals surface area contributed by atoms with Gasteiger partial charge in [0.05, 0.1) is 12.8 Å². The van der Waals surface area contributed by atoms with E-state index in [0.717, 1.165) is 35.4 Å². The van der Waals surface area contributed by atoms with Gasteiger partial charge < -0.3 is 14.6 Å². The second kappa shape index (κ2) is 5.85. The second-order valence-corrected chi connectivity index (χ2v) is 6.53. The van der Waals surface area contributed by atoms with Crippen LogP contribution in [0.15, 0.2) is 41.2 Å². The van der Waals surface area contributed by atoms with Crippen LogP contribution in [0.25, 0.3) is 11.3 Å². The van der Waals surface area contributed by atoms with E-state index < -0.39 is 0 Å². The summed E-state index contributed by atoms with van der Waals surface area (Å²) in [5.74, 6) is 0.833. The van der Waals surface area contributed by atoms with Crippen molar-refractivity contribution in [1.82, 2.24) is 9.88 Å². The Bertz CT molecular complexity index is 756. The third-order valence-corrected chi connectivity index (χ3v) is 4.65. The number of hydrogen-bond acceptors (Lipinski definition) is 3. The third kappa shape index (κ3) is 3.04. The fourth-order valence-corrected chi connectivity index (χ4v) is 2.96. The zero-order valence-electron chi connectivity index (χ0n) is 13.4. The number of aromatic nitrogens is 1. The molecule has 2 saturated carbocycles. The molecule has 0 amide bonds. The standard InChI is InChI=1S/C19H22N2O2/c1-23-17-9-2-13(3-10-17)18-11-4-14(12-20-15-5-6-15)19(22)21(18)16-7-8-16/h2-4,9-11,15-16,20H,5-8,12H2,1H3. The Hall–Kier alpha value is -2.07. The summed E-state index contributed by atoms with van der Waals surface area (Å²) in [6.07, 6.45) is 4.67. The minimum absolute atomic E-state index is 0.161. The molecule has 4 heteroatoms. The molecule has 0 saturated heterocycles. The van der Waals surface area contributed by atoms with Gasteiger partial charge in [-0.05, 0) is 61.6 Å². The van der Waals surface area contributed by atoms with Crippen LogP contribution in [0.4, 0.5) is 0 Å². The van der Waals surface area contributed by atoms with Crippen molar-refractivity contribution < 1.29 is 4.74 Å². The van der Waals surface area contributed by atoms with E-state index >= 15 is 0 Å². The Morgan fingerprint density at radius 2 is 1.83 bits per heavy atom. The van der Waals surface area contributed by atoms with Gasteiger partial charge in [0, 0.05) is 24.2 Å². The van der Waals surface area contributed by atoms with Gasteiger partial charge in [0.1, 0.15) is 5.75 Å². The topological polar surface area (TPSA) is 43.3 Å². The molecule has 1 heterocycles. The van der Waals surface area contributed by atoms with E-state index in [1.807, 2.05) is 34.9 Å². The van der Waals surface area contributed by atoms with Gasteiger partial charge in [0.2, 0.25) is 0 Å². The molecule has 0 bridgehead atoms. The average Bonchev–Trinajstić information content (AvgIpc) is 3.47. The van der Waals surface area contributed by atoms with Crippen molar-refractivity contribution in [2.24, 2.45) is 0 Å². The lowest BCUT2D eigenvalue weighted by molar-refractivity contribution is 0.415. The normalized spacial score (nSPS) is 17.3. The summed E-state index contributed by atoms with van der Waals surface area (Å²) >= 11 is 0. The summed E-state index contributed by atoms with van der Waals surface area (Å²) < 4.78 is 7.21. The summed E-state index contributed by atoms with van der Waals surface area (Å²) in [6.45, 7) is 0.680. The van der Waals surface area contributed by atoms with E-state index in [2.05, 4.69) is 11.4 Å². The highest BCUT2D eigenvalue weighted by molar-refractivity contribution is 5.61. The predicted molar refractivity (Wildman–Crippen MR) is 90.8 cm³/mol. The third-order valence-electron chi connectivity index (χ3n) is 4.65. The first-order valence-corrected chi connectivity index (χ1v) is 8.38. The molecule has 1 aromatic heterocycles. The van der Waals surface area contributed by atoms with E-state index in [9.17, 15) is 4.79 Å². The highest BCUT2D eigenvalue weighted by Crippen LogP contribution is 2.37. The van der Waals surface area contributed by atoms with Crippen molar-refractivity contribution in [3.63, 3.8) is 0 Å². The molecule has 4 nitrogen and oxygen atoms in total. The molecule has 2 aliphatic rings. The quantitative estimate of drug-likeness (QED) is 0.891. The van der Waals surface area contributed by atoms with Gasteiger partial charge in [-0.15, -0.1) is 0 Å². The fraction of sp³-hybridized carbons (Fsp3) is 0.421. The zero-order chi connectivity index (χ0) is 15.8. The maximum atomic E-state index is 12.9. The number of methoxy groups -OCH3 is 1. The van der Waals surface area contributed by atoms with Crippen LogP contribution in [0, 0.1) is 0 Å². The Kier molecular flexibility index (Phi) is 3.69. The Morgan fingerprint density at radius 3 is 2.43 bits per heavy atom. The van der Waals surface area contributed by atoms with Gasteiger partial charge in [0.15, 0.2) is 0 Å². The molecule has 1 N–H and O–H groups in total. The molecule has 2 fully saturated rings. The molecule has 120 valence electrons. The Morgan fingerprint density at radius 1 is 1.09 bits per heavy atom. The molecule has 2 aliphatic carbocycles. The monoisotopic (exact) mass is 310 g/mol. The fourth-order valence-electron chi connectivity index (χ4n) is 2.96. The zero-order valence-corrected chi connectivity index (χ0v) is 13.4. The van der Waals surface area contributed by atoms with Crippen LogP contribution in [-0.4, -0.2) is 17.7 Å². The van der Waals surface area contributed by atoms with E-state index in [4.69, 9.17) is 4.74 Å². The summed E-state index contributed by atoms with van der Waals surface area (Å²) in [4.78, 5) is 12.9. The van der Waals surface area contributed by atoms with Crippen LogP contribution in [0.2, 0.25) is 0 Å². The van der Waals surface area contributed by atoms with Crippen LogP contribution >= 0.6 is 0 Å². The minimum Gasteiger partial charge on any atom is -0.497 e. The molecule has 0 spiro atoms. The maximum Gasteiger partial charge on any atom is 0.255 e. The molecule has 1 aromatic carbocycles. The van der Waals surface area contributed by atoms with Crippen LogP contribution in [0.3, 0.4) is 0 Å². The first-order chi connectivity index (χ1) is 11.3. The molecule has 0 radical (unpaired) electrons. The smallest absolute Gasteiger partial charge is 0.255 e. The van der Waals surface area contributed by atoms with Gasteiger partial charge in [-0.25, -0.2) is 0 Å². The number of hydrogen-bond donors (Lipinski definition) is 1. The predicted octanol–water partition coefficient (Wildman–Crippen LogP) is 3.11. The average molecular weight is 310 g/mol. The van der Waals surface area contributed by atoms with Crippen molar-refractivity contribution in [3.8, 4) is 17.0 Å². The van der Waals surface area contributed by atoms with E-state index in [1.165, 1.54) is 12.8 Å². The molecule has 0 aliphatic heterocycles. The van der Waals surface area contributed by atoms with Crippen molar-refractivity contribution >= 4 is 0 Å². The van der Waals surface area contributed by atoms with Crippen LogP contribution < -0.4 is 15.6 Å². The van der Waals surface area contributed by atoms with Crippen molar-refractivity contribution in [2.45, 2.75) is 44.3 Å². The van der Waals surface area contributed by atoms with Gasteiger partial charge in [-0.3, -0.25) is 4.79 Å². The number of nitrogens with zero attached hydrogens (tertiary/aromatic N) is 1. The SMILES string of the molecule is COc1ccc(-c2ccc(CNC3CC3)c(=O)n2C2CC2)cc1. The Labute approximate surface area is 136 Å². The van der Waals surface area contributed by atoms with E-state index in [0.29, 0.717) is 18.6 Å². The van der Waals surface area contributed by atoms with Gasteiger partial charge in [-0.2, -0.15) is 0 Å². The summed E-state index contributed by atoms with van der Waals surface area (Å²) in [5.41, 5.74) is 3.11. The number of benzene rings is 1. The number of ether oxygens (including phenoxy) is 1. The molecular weight excluding hydrogens is 288 g/mol. The summed E-state index contributed by atoms with van der Waals surface area (Å²) in [7, 11) is 1.66. The van der Waals surface area contributed by atoms with Crippen molar-refractivity contribution in [1.29, 1.82) is 0 Å². The first-order valence-electron chi connectivity index (χ1n) is 8.38. The van der Waals surface area contributed by atoms with Gasteiger partial charge >= 0.3 is 0 Å². The summed E-state index contributed by atoms with van der Waals surface area (Å²) in [6, 6.07) is 13.0. The number of rotatable bonds is 6. The van der Waals surface area contributed by atoms with Crippen molar-refractivity contribution in [2.75, 3.05) is 7.11 Å². The molecule has 0 unspecified atom stereocenters. The van der Waals surface area contributed by atoms with Crippen LogP contribution in [-0.2, 0) is 6.54 Å². The lowest BCUT2D eigenvalue weighted by Gasteiger charge is -2.15. The van der Waals surface area contributed by atoms with E-state index in [-0.39, 0.29) is 5.56 Å². The van der Waals surface area contributed by atoms with Crippen LogP contribution in [0.5, 0.6) is 5.75 Å². The second-order valence-electron chi connectivity index (χ2n) is 6.53. The lowest BCUT2D eigenvalue weighted by Crippen LogP contribution is -2.28. The number of pyridine rings is 1.